The van der Waals surface area contributed by atoms with Crippen LogP contribution in [0.2, 0.25) is 0 Å². The molecule has 0 atom stereocenters. The van der Waals surface area contributed by atoms with Crippen LogP contribution in [-0.2, 0) is 0 Å². The molecular weight excluding hydrogens is 431 g/mol. The molecule has 0 spiro atoms. The van der Waals surface area contributed by atoms with E-state index in [1.54, 1.807) is 30.5 Å². The van der Waals surface area contributed by atoms with Gasteiger partial charge in [0.2, 0.25) is 0 Å². The number of hydrogen-bond acceptors (Lipinski definition) is 6. The van der Waals surface area contributed by atoms with Gasteiger partial charge in [-0.2, -0.15) is 0 Å². The number of hydrogen-bond donors (Lipinski definition) is 3. The highest BCUT2D eigenvalue weighted by molar-refractivity contribution is 6.16. The number of aryl methyl sites for hydroxylation is 2. The molecule has 0 fully saturated rings. The number of amides is 1. The summed E-state index contributed by atoms with van der Waals surface area (Å²) in [7, 11) is 0. The molecule has 2 aromatic heterocycles. The third-order valence-corrected chi connectivity index (χ3v) is 5.71. The van der Waals surface area contributed by atoms with E-state index in [-0.39, 0.29) is 11.7 Å². The zero-order valence-corrected chi connectivity index (χ0v) is 18.6. The van der Waals surface area contributed by atoms with Gasteiger partial charge in [-0.1, -0.05) is 24.3 Å². The Bertz CT molecular complexity index is 1580. The zero-order chi connectivity index (χ0) is 23.8. The highest BCUT2D eigenvalue weighted by atomic mass is 19.1. The van der Waals surface area contributed by atoms with E-state index in [0.717, 1.165) is 21.9 Å². The van der Waals surface area contributed by atoms with E-state index in [2.05, 4.69) is 25.6 Å². The molecule has 0 aliphatic heterocycles. The van der Waals surface area contributed by atoms with Crippen molar-refractivity contribution in [1.82, 2.24) is 15.0 Å². The molecule has 0 bridgehead atoms. The first-order valence-electron chi connectivity index (χ1n) is 10.6. The van der Waals surface area contributed by atoms with Crippen molar-refractivity contribution < 1.29 is 9.18 Å². The number of nitrogens with zero attached hydrogens (tertiary/aromatic N) is 3. The van der Waals surface area contributed by atoms with Gasteiger partial charge in [0.25, 0.3) is 5.91 Å². The van der Waals surface area contributed by atoms with Crippen LogP contribution in [0.3, 0.4) is 0 Å². The van der Waals surface area contributed by atoms with Crippen molar-refractivity contribution in [3.8, 4) is 0 Å². The smallest absolute Gasteiger partial charge is 0.257 e. The molecule has 5 rings (SSSR count). The molecule has 8 heteroatoms. The SMILES string of the molecule is Cc1ccc(Nc2nccc3c(NC(=O)c4cccc5c(N)ncnc45)c(C)ccc23)c(F)c1. The van der Waals surface area contributed by atoms with Crippen LogP contribution in [0.1, 0.15) is 21.5 Å². The van der Waals surface area contributed by atoms with Crippen molar-refractivity contribution in [3.05, 3.63) is 89.6 Å². The molecule has 1 amide bonds. The van der Waals surface area contributed by atoms with Crippen molar-refractivity contribution >= 4 is 50.6 Å². The summed E-state index contributed by atoms with van der Waals surface area (Å²) in [6, 6.07) is 15.8. The Morgan fingerprint density at radius 2 is 1.79 bits per heavy atom. The molecular formula is C26H21FN6O. The summed E-state index contributed by atoms with van der Waals surface area (Å²) in [6.45, 7) is 3.74. The lowest BCUT2D eigenvalue weighted by Gasteiger charge is -2.15. The number of aromatic nitrogens is 3. The number of nitrogens with one attached hydrogen (secondary N) is 2. The number of halogens is 1. The van der Waals surface area contributed by atoms with Gasteiger partial charge in [-0.25, -0.2) is 19.3 Å². The van der Waals surface area contributed by atoms with Gasteiger partial charge >= 0.3 is 0 Å². The van der Waals surface area contributed by atoms with Crippen molar-refractivity contribution in [3.63, 3.8) is 0 Å². The maximum Gasteiger partial charge on any atom is 0.257 e. The van der Waals surface area contributed by atoms with Gasteiger partial charge in [0.05, 0.1) is 22.5 Å². The van der Waals surface area contributed by atoms with Gasteiger partial charge in [-0.05, 0) is 55.3 Å². The first-order valence-corrected chi connectivity index (χ1v) is 10.6. The summed E-state index contributed by atoms with van der Waals surface area (Å²) in [4.78, 5) is 26.0. The Morgan fingerprint density at radius 1 is 0.941 bits per heavy atom. The molecule has 4 N–H and O–H groups in total. The molecule has 2 heterocycles. The fraction of sp³-hybridized carbons (Fsp3) is 0.0769. The normalized spacial score (nSPS) is 11.0. The third-order valence-electron chi connectivity index (χ3n) is 5.71. The maximum absolute atomic E-state index is 14.4. The molecule has 7 nitrogen and oxygen atoms in total. The fourth-order valence-corrected chi connectivity index (χ4v) is 3.95. The van der Waals surface area contributed by atoms with Gasteiger partial charge in [-0.15, -0.1) is 0 Å². The number of nitrogens with two attached hydrogens (primary N) is 1. The van der Waals surface area contributed by atoms with Crippen LogP contribution in [0.25, 0.3) is 21.7 Å². The van der Waals surface area contributed by atoms with E-state index >= 15 is 0 Å². The van der Waals surface area contributed by atoms with E-state index in [0.29, 0.717) is 39.5 Å². The van der Waals surface area contributed by atoms with E-state index in [9.17, 15) is 9.18 Å². The Balaban J connectivity index is 1.56. The van der Waals surface area contributed by atoms with Crippen molar-refractivity contribution in [2.45, 2.75) is 13.8 Å². The monoisotopic (exact) mass is 452 g/mol. The lowest BCUT2D eigenvalue weighted by Crippen LogP contribution is -2.14. The second-order valence-electron chi connectivity index (χ2n) is 8.04. The van der Waals surface area contributed by atoms with Crippen LogP contribution in [0.5, 0.6) is 0 Å². The number of anilines is 4. The van der Waals surface area contributed by atoms with Crippen LogP contribution in [0.15, 0.2) is 67.1 Å². The lowest BCUT2D eigenvalue weighted by atomic mass is 10.0. The number of benzene rings is 3. The number of pyridine rings is 1. The first-order chi connectivity index (χ1) is 16.4. The second kappa shape index (κ2) is 8.40. The summed E-state index contributed by atoms with van der Waals surface area (Å²) in [6.07, 6.45) is 2.96. The summed E-state index contributed by atoms with van der Waals surface area (Å²) in [5.74, 6) is 0.111. The average Bonchev–Trinajstić information content (AvgIpc) is 2.82. The first kappa shape index (κ1) is 21.3. The summed E-state index contributed by atoms with van der Waals surface area (Å²) in [5, 5.41) is 8.22. The number of rotatable bonds is 4. The fourth-order valence-electron chi connectivity index (χ4n) is 3.95. The van der Waals surface area contributed by atoms with Crippen molar-refractivity contribution in [2.24, 2.45) is 0 Å². The summed E-state index contributed by atoms with van der Waals surface area (Å²) < 4.78 is 14.4. The minimum Gasteiger partial charge on any atom is -0.383 e. The van der Waals surface area contributed by atoms with Gasteiger partial charge in [0.15, 0.2) is 0 Å². The predicted molar refractivity (Wildman–Crippen MR) is 133 cm³/mol. The Morgan fingerprint density at radius 3 is 2.62 bits per heavy atom. The molecule has 0 unspecified atom stereocenters. The number of carbonyl (C=O) groups excluding carboxylic acids is 1. The Kier molecular flexibility index (Phi) is 5.25. The lowest BCUT2D eigenvalue weighted by molar-refractivity contribution is 0.102. The van der Waals surface area contributed by atoms with Gasteiger partial charge in [0, 0.05) is 22.4 Å². The molecule has 5 aromatic rings. The Labute approximate surface area is 194 Å². The number of nitrogen functional groups attached to an aromatic ring is 1. The molecule has 168 valence electrons. The van der Waals surface area contributed by atoms with Gasteiger partial charge < -0.3 is 16.4 Å². The predicted octanol–water partition coefficient (Wildman–Crippen LogP) is 5.51. The van der Waals surface area contributed by atoms with E-state index in [1.165, 1.54) is 12.4 Å². The quantitative estimate of drug-likeness (QED) is 0.332. The second-order valence-corrected chi connectivity index (χ2v) is 8.04. The molecule has 0 saturated carbocycles. The standard InChI is InChI=1S/C26H21FN6O/c1-14-6-9-21(20(27)12-14)32-25-17-8-7-15(2)22(16(17)10-11-29-25)33-26(34)19-5-3-4-18-23(19)30-13-31-24(18)28/h3-13H,1-2H3,(H,29,32)(H,33,34)(H2,28,30,31). The van der Waals surface area contributed by atoms with Gasteiger partial charge in [0.1, 0.15) is 23.8 Å². The number of para-hydroxylation sites is 1. The summed E-state index contributed by atoms with van der Waals surface area (Å²) in [5.41, 5.74) is 9.47. The molecule has 0 radical (unpaired) electrons. The Hall–Kier alpha value is -4.59. The molecule has 0 aliphatic carbocycles. The van der Waals surface area contributed by atoms with Gasteiger partial charge in [-0.3, -0.25) is 4.79 Å². The maximum atomic E-state index is 14.4. The summed E-state index contributed by atoms with van der Waals surface area (Å²) >= 11 is 0. The zero-order valence-electron chi connectivity index (χ0n) is 18.6. The van der Waals surface area contributed by atoms with Crippen molar-refractivity contribution in [2.75, 3.05) is 16.4 Å². The third kappa shape index (κ3) is 3.75. The van der Waals surface area contributed by atoms with E-state index in [4.69, 9.17) is 5.73 Å². The average molecular weight is 452 g/mol. The molecule has 0 saturated heterocycles. The number of carbonyl (C=O) groups is 1. The minimum atomic E-state index is -0.364. The topological polar surface area (TPSA) is 106 Å². The molecule has 3 aromatic carbocycles. The largest absolute Gasteiger partial charge is 0.383 e. The van der Waals surface area contributed by atoms with Crippen molar-refractivity contribution in [1.29, 1.82) is 0 Å². The van der Waals surface area contributed by atoms with Crippen LogP contribution in [0, 0.1) is 19.7 Å². The molecule has 34 heavy (non-hydrogen) atoms. The highest BCUT2D eigenvalue weighted by Gasteiger charge is 2.17. The van der Waals surface area contributed by atoms with Crippen LogP contribution < -0.4 is 16.4 Å². The van der Waals surface area contributed by atoms with Crippen LogP contribution >= 0.6 is 0 Å². The van der Waals surface area contributed by atoms with E-state index < -0.39 is 0 Å². The van der Waals surface area contributed by atoms with Crippen LogP contribution in [-0.4, -0.2) is 20.9 Å². The van der Waals surface area contributed by atoms with Crippen LogP contribution in [0.4, 0.5) is 27.4 Å². The minimum absolute atomic E-state index is 0.311. The van der Waals surface area contributed by atoms with E-state index in [1.807, 2.05) is 38.1 Å². The molecule has 0 aliphatic rings. The number of fused-ring (bicyclic) bond motifs is 2. The highest BCUT2D eigenvalue weighted by Crippen LogP contribution is 2.33.